The standard InChI is InChI=1S/C15H22N4O/c1-18-6-3-4-14(18)10-16-8-12-5-7-20-15(12)13-9-17-19(2)11-13/h3-4,6,9,11-12,15-16H,5,7-8,10H2,1-2H3. The topological polar surface area (TPSA) is 44.0 Å². The molecule has 1 aliphatic heterocycles. The normalized spacial score (nSPS) is 22.5. The van der Waals surface area contributed by atoms with Crippen LogP contribution in [-0.2, 0) is 25.4 Å². The predicted octanol–water partition coefficient (Wildman–Crippen LogP) is 1.63. The number of aryl methyl sites for hydroxylation is 2. The second-order valence-electron chi connectivity index (χ2n) is 5.53. The molecule has 0 bridgehead atoms. The van der Waals surface area contributed by atoms with Crippen molar-refractivity contribution in [2.45, 2.75) is 19.1 Å². The van der Waals surface area contributed by atoms with Crippen molar-refractivity contribution in [3.05, 3.63) is 42.0 Å². The molecule has 1 saturated heterocycles. The average molecular weight is 274 g/mol. The molecule has 1 N–H and O–H groups in total. The Kier molecular flexibility index (Phi) is 3.89. The molecular formula is C15H22N4O. The lowest BCUT2D eigenvalue weighted by atomic mass is 9.97. The molecule has 1 aliphatic rings. The summed E-state index contributed by atoms with van der Waals surface area (Å²) in [5.41, 5.74) is 2.50. The molecule has 0 saturated carbocycles. The summed E-state index contributed by atoms with van der Waals surface area (Å²) in [6.45, 7) is 2.72. The average Bonchev–Trinajstić information content (AvgIpc) is 3.12. The first-order chi connectivity index (χ1) is 9.74. The largest absolute Gasteiger partial charge is 0.373 e. The van der Waals surface area contributed by atoms with E-state index in [1.165, 1.54) is 11.3 Å². The van der Waals surface area contributed by atoms with Gasteiger partial charge in [-0.05, 0) is 18.6 Å². The van der Waals surface area contributed by atoms with Gasteiger partial charge in [-0.2, -0.15) is 5.10 Å². The lowest BCUT2D eigenvalue weighted by Crippen LogP contribution is -2.25. The highest BCUT2D eigenvalue weighted by molar-refractivity contribution is 5.11. The van der Waals surface area contributed by atoms with Crippen molar-refractivity contribution in [2.75, 3.05) is 13.2 Å². The van der Waals surface area contributed by atoms with E-state index < -0.39 is 0 Å². The fourth-order valence-electron chi connectivity index (χ4n) is 2.86. The third-order valence-corrected chi connectivity index (χ3v) is 4.03. The third-order valence-electron chi connectivity index (χ3n) is 4.03. The first-order valence-electron chi connectivity index (χ1n) is 7.15. The Morgan fingerprint density at radius 1 is 1.45 bits per heavy atom. The van der Waals surface area contributed by atoms with E-state index in [4.69, 9.17) is 4.74 Å². The van der Waals surface area contributed by atoms with Gasteiger partial charge in [-0.1, -0.05) is 0 Å². The number of nitrogens with zero attached hydrogens (tertiary/aromatic N) is 3. The number of ether oxygens (including phenoxy) is 1. The van der Waals surface area contributed by atoms with E-state index in [0.717, 1.165) is 26.1 Å². The summed E-state index contributed by atoms with van der Waals surface area (Å²) in [4.78, 5) is 0. The summed E-state index contributed by atoms with van der Waals surface area (Å²) < 4.78 is 9.87. The molecular weight excluding hydrogens is 252 g/mol. The lowest BCUT2D eigenvalue weighted by molar-refractivity contribution is 0.0903. The van der Waals surface area contributed by atoms with Crippen LogP contribution in [0.15, 0.2) is 30.7 Å². The summed E-state index contributed by atoms with van der Waals surface area (Å²) in [5, 5.41) is 7.79. The molecule has 108 valence electrons. The van der Waals surface area contributed by atoms with Gasteiger partial charge in [0.15, 0.2) is 0 Å². The van der Waals surface area contributed by atoms with Gasteiger partial charge < -0.3 is 14.6 Å². The van der Waals surface area contributed by atoms with E-state index >= 15 is 0 Å². The second kappa shape index (κ2) is 5.81. The van der Waals surface area contributed by atoms with Crippen LogP contribution in [0.25, 0.3) is 0 Å². The van der Waals surface area contributed by atoms with Crippen LogP contribution in [0.5, 0.6) is 0 Å². The maximum absolute atomic E-state index is 5.88. The van der Waals surface area contributed by atoms with Crippen LogP contribution in [-0.4, -0.2) is 27.5 Å². The smallest absolute Gasteiger partial charge is 0.0896 e. The minimum Gasteiger partial charge on any atom is -0.373 e. The molecule has 2 unspecified atom stereocenters. The highest BCUT2D eigenvalue weighted by atomic mass is 16.5. The SMILES string of the molecule is Cn1cc(C2OCCC2CNCc2cccn2C)cn1. The minimum atomic E-state index is 0.185. The summed E-state index contributed by atoms with van der Waals surface area (Å²) in [5.74, 6) is 0.527. The molecule has 5 nitrogen and oxygen atoms in total. The van der Waals surface area contributed by atoms with Crippen molar-refractivity contribution >= 4 is 0 Å². The number of rotatable bonds is 5. The molecule has 0 aliphatic carbocycles. The molecule has 3 heterocycles. The van der Waals surface area contributed by atoms with Gasteiger partial charge in [0.1, 0.15) is 0 Å². The van der Waals surface area contributed by atoms with Crippen molar-refractivity contribution in [2.24, 2.45) is 20.0 Å². The molecule has 20 heavy (non-hydrogen) atoms. The number of nitrogens with one attached hydrogen (secondary N) is 1. The van der Waals surface area contributed by atoms with Gasteiger partial charge in [-0.25, -0.2) is 0 Å². The molecule has 1 fully saturated rings. The Bertz CT molecular complexity index is 560. The van der Waals surface area contributed by atoms with Crippen molar-refractivity contribution in [3.63, 3.8) is 0 Å². The minimum absolute atomic E-state index is 0.185. The molecule has 0 radical (unpaired) electrons. The van der Waals surface area contributed by atoms with Crippen LogP contribution in [0.3, 0.4) is 0 Å². The van der Waals surface area contributed by atoms with E-state index in [2.05, 4.69) is 46.6 Å². The van der Waals surface area contributed by atoms with Gasteiger partial charge in [0.25, 0.3) is 0 Å². The van der Waals surface area contributed by atoms with Crippen LogP contribution < -0.4 is 5.32 Å². The van der Waals surface area contributed by atoms with Gasteiger partial charge in [0.2, 0.25) is 0 Å². The van der Waals surface area contributed by atoms with Crippen molar-refractivity contribution in [1.29, 1.82) is 0 Å². The molecule has 2 aromatic rings. The highest BCUT2D eigenvalue weighted by Crippen LogP contribution is 2.33. The van der Waals surface area contributed by atoms with Crippen molar-refractivity contribution in [3.8, 4) is 0 Å². The third kappa shape index (κ3) is 2.78. The monoisotopic (exact) mass is 274 g/mol. The van der Waals surface area contributed by atoms with Crippen molar-refractivity contribution in [1.82, 2.24) is 19.7 Å². The summed E-state index contributed by atoms with van der Waals surface area (Å²) in [6.07, 6.45) is 7.35. The molecule has 5 heteroatoms. The van der Waals surface area contributed by atoms with E-state index in [1.54, 1.807) is 0 Å². The Balaban J connectivity index is 1.55. The first-order valence-corrected chi connectivity index (χ1v) is 7.15. The zero-order valence-corrected chi connectivity index (χ0v) is 12.1. The molecule has 3 rings (SSSR count). The molecule has 0 aromatic carbocycles. The van der Waals surface area contributed by atoms with Gasteiger partial charge >= 0.3 is 0 Å². The number of aromatic nitrogens is 3. The lowest BCUT2D eigenvalue weighted by Gasteiger charge is -2.18. The van der Waals surface area contributed by atoms with E-state index in [9.17, 15) is 0 Å². The Labute approximate surface area is 119 Å². The Morgan fingerprint density at radius 3 is 3.05 bits per heavy atom. The van der Waals surface area contributed by atoms with Crippen LogP contribution in [0.2, 0.25) is 0 Å². The van der Waals surface area contributed by atoms with Crippen LogP contribution >= 0.6 is 0 Å². The molecule has 2 aromatic heterocycles. The molecule has 0 spiro atoms. The predicted molar refractivity (Wildman–Crippen MR) is 77.1 cm³/mol. The van der Waals surface area contributed by atoms with Gasteiger partial charge in [-0.15, -0.1) is 0 Å². The number of hydrogen-bond donors (Lipinski definition) is 1. The summed E-state index contributed by atoms with van der Waals surface area (Å²) in [7, 11) is 4.02. The first kappa shape index (κ1) is 13.4. The van der Waals surface area contributed by atoms with Crippen molar-refractivity contribution < 1.29 is 4.74 Å². The zero-order chi connectivity index (χ0) is 13.9. The Morgan fingerprint density at radius 2 is 2.35 bits per heavy atom. The van der Waals surface area contributed by atoms with Crippen LogP contribution in [0, 0.1) is 5.92 Å². The fourth-order valence-corrected chi connectivity index (χ4v) is 2.86. The zero-order valence-electron chi connectivity index (χ0n) is 12.1. The van der Waals surface area contributed by atoms with Gasteiger partial charge in [0, 0.05) is 63.4 Å². The second-order valence-corrected chi connectivity index (χ2v) is 5.53. The fraction of sp³-hybridized carbons (Fsp3) is 0.533. The quantitative estimate of drug-likeness (QED) is 0.901. The maximum atomic E-state index is 5.88. The number of hydrogen-bond acceptors (Lipinski definition) is 3. The summed E-state index contributed by atoms with van der Waals surface area (Å²) >= 11 is 0. The van der Waals surface area contributed by atoms with E-state index in [1.807, 2.05) is 17.9 Å². The van der Waals surface area contributed by atoms with Gasteiger partial charge in [0.05, 0.1) is 12.3 Å². The van der Waals surface area contributed by atoms with Crippen LogP contribution in [0.1, 0.15) is 23.8 Å². The van der Waals surface area contributed by atoms with Gasteiger partial charge in [-0.3, -0.25) is 4.68 Å². The highest BCUT2D eigenvalue weighted by Gasteiger charge is 2.30. The Hall–Kier alpha value is -1.59. The molecule has 2 atom stereocenters. The summed E-state index contributed by atoms with van der Waals surface area (Å²) in [6, 6.07) is 4.23. The van der Waals surface area contributed by atoms with E-state index in [-0.39, 0.29) is 6.10 Å². The maximum Gasteiger partial charge on any atom is 0.0896 e. The molecule has 0 amide bonds. The van der Waals surface area contributed by atoms with E-state index in [0.29, 0.717) is 5.92 Å². The van der Waals surface area contributed by atoms with Crippen LogP contribution in [0.4, 0.5) is 0 Å².